The highest BCUT2D eigenvalue weighted by molar-refractivity contribution is 6.31. The Morgan fingerprint density at radius 2 is 1.85 bits per heavy atom. The summed E-state index contributed by atoms with van der Waals surface area (Å²) in [6.45, 7) is 2.33. The highest BCUT2D eigenvalue weighted by atomic mass is 35.5. The van der Waals surface area contributed by atoms with Crippen molar-refractivity contribution in [3.05, 3.63) is 69.6 Å². The van der Waals surface area contributed by atoms with Crippen molar-refractivity contribution in [1.82, 2.24) is 4.73 Å². The van der Waals surface area contributed by atoms with Gasteiger partial charge in [-0.05, 0) is 35.6 Å². The van der Waals surface area contributed by atoms with Gasteiger partial charge < -0.3 is 9.57 Å². The molecule has 0 saturated heterocycles. The van der Waals surface area contributed by atoms with Gasteiger partial charge in [-0.25, -0.2) is 4.79 Å². The molecule has 0 bridgehead atoms. The van der Waals surface area contributed by atoms with Crippen LogP contribution in [-0.4, -0.2) is 24.4 Å². The molecule has 140 valence electrons. The van der Waals surface area contributed by atoms with E-state index < -0.39 is 11.5 Å². The van der Waals surface area contributed by atoms with Gasteiger partial charge in [0.2, 0.25) is 0 Å². The van der Waals surface area contributed by atoms with Crippen molar-refractivity contribution >= 4 is 28.3 Å². The molecule has 0 fully saturated rings. The van der Waals surface area contributed by atoms with E-state index in [1.165, 1.54) is 7.11 Å². The van der Waals surface area contributed by atoms with Gasteiger partial charge in [0.05, 0.1) is 12.5 Å². The SMILES string of the molecule is CCCCOn1c(C(=O)OC)c(-c2ccccc2)c2cc(Cl)ccc2c1=O. The molecule has 0 unspecified atom stereocenters. The molecule has 6 heteroatoms. The van der Waals surface area contributed by atoms with Crippen molar-refractivity contribution in [3.63, 3.8) is 0 Å². The molecule has 3 aromatic rings. The first-order chi connectivity index (χ1) is 13.1. The summed E-state index contributed by atoms with van der Waals surface area (Å²) in [4.78, 5) is 31.4. The molecule has 1 aromatic heterocycles. The standard InChI is InChI=1S/C21H20ClNO4/c1-3-4-12-27-23-19(21(25)26-2)18(14-8-6-5-7-9-14)17-13-15(22)10-11-16(17)20(23)24/h5-11,13H,3-4,12H2,1-2H3. The Labute approximate surface area is 162 Å². The molecule has 0 aliphatic heterocycles. The zero-order valence-corrected chi connectivity index (χ0v) is 16.0. The molecule has 2 aromatic carbocycles. The smallest absolute Gasteiger partial charge is 0.358 e. The maximum Gasteiger partial charge on any atom is 0.358 e. The molecular weight excluding hydrogens is 366 g/mol. The molecule has 0 N–H and O–H groups in total. The van der Waals surface area contributed by atoms with Gasteiger partial charge in [0, 0.05) is 10.6 Å². The Morgan fingerprint density at radius 3 is 2.52 bits per heavy atom. The number of benzene rings is 2. The Bertz CT molecular complexity index is 1030. The summed E-state index contributed by atoms with van der Waals surface area (Å²) < 4.78 is 6.02. The highest BCUT2D eigenvalue weighted by Gasteiger charge is 2.25. The van der Waals surface area contributed by atoms with E-state index in [0.29, 0.717) is 28.0 Å². The van der Waals surface area contributed by atoms with Crippen LogP contribution in [0.2, 0.25) is 5.02 Å². The number of esters is 1. The number of hydrogen-bond acceptors (Lipinski definition) is 4. The van der Waals surface area contributed by atoms with E-state index in [-0.39, 0.29) is 5.69 Å². The number of carbonyl (C=O) groups is 1. The van der Waals surface area contributed by atoms with Crippen molar-refractivity contribution in [2.24, 2.45) is 0 Å². The monoisotopic (exact) mass is 385 g/mol. The van der Waals surface area contributed by atoms with E-state index in [1.807, 2.05) is 37.3 Å². The lowest BCUT2D eigenvalue weighted by Gasteiger charge is -2.18. The number of fused-ring (bicyclic) bond motifs is 1. The maximum atomic E-state index is 13.0. The fourth-order valence-corrected chi connectivity index (χ4v) is 3.12. The lowest BCUT2D eigenvalue weighted by Crippen LogP contribution is -2.33. The maximum absolute atomic E-state index is 13.0. The first kappa shape index (κ1) is 19.0. The van der Waals surface area contributed by atoms with Crippen molar-refractivity contribution in [2.45, 2.75) is 19.8 Å². The predicted octanol–water partition coefficient (Wildman–Crippen LogP) is 4.34. The van der Waals surface area contributed by atoms with Crippen LogP contribution in [0.3, 0.4) is 0 Å². The first-order valence-electron chi connectivity index (χ1n) is 8.73. The summed E-state index contributed by atoms with van der Waals surface area (Å²) in [5, 5.41) is 1.47. The summed E-state index contributed by atoms with van der Waals surface area (Å²) in [6, 6.07) is 14.3. The zero-order chi connectivity index (χ0) is 19.4. The Morgan fingerprint density at radius 1 is 1.11 bits per heavy atom. The van der Waals surface area contributed by atoms with Crippen LogP contribution in [0.4, 0.5) is 0 Å². The van der Waals surface area contributed by atoms with E-state index in [1.54, 1.807) is 18.2 Å². The summed E-state index contributed by atoms with van der Waals surface area (Å²) in [6.07, 6.45) is 1.66. The Kier molecular flexibility index (Phi) is 5.81. The summed E-state index contributed by atoms with van der Waals surface area (Å²) in [5.41, 5.74) is 0.950. The number of carbonyl (C=O) groups excluding carboxylic acids is 1. The third kappa shape index (κ3) is 3.69. The quantitative estimate of drug-likeness (QED) is 0.468. The molecule has 1 heterocycles. The molecule has 0 aliphatic carbocycles. The van der Waals surface area contributed by atoms with Crippen LogP contribution in [0, 0.1) is 0 Å². The second kappa shape index (κ2) is 8.27. The minimum atomic E-state index is -0.649. The normalized spacial score (nSPS) is 10.8. The summed E-state index contributed by atoms with van der Waals surface area (Å²) in [5.74, 6) is -0.649. The number of hydrogen-bond donors (Lipinski definition) is 0. The van der Waals surface area contributed by atoms with Crippen LogP contribution in [0.25, 0.3) is 21.9 Å². The van der Waals surface area contributed by atoms with E-state index in [4.69, 9.17) is 21.2 Å². The van der Waals surface area contributed by atoms with Crippen molar-refractivity contribution in [1.29, 1.82) is 0 Å². The molecule has 27 heavy (non-hydrogen) atoms. The molecule has 3 rings (SSSR count). The van der Waals surface area contributed by atoms with Crippen molar-refractivity contribution < 1.29 is 14.4 Å². The second-order valence-electron chi connectivity index (χ2n) is 6.06. The average molecular weight is 386 g/mol. The summed E-state index contributed by atoms with van der Waals surface area (Å²) >= 11 is 6.18. The van der Waals surface area contributed by atoms with Gasteiger partial charge in [-0.2, -0.15) is 0 Å². The van der Waals surface area contributed by atoms with Crippen LogP contribution >= 0.6 is 11.6 Å². The van der Waals surface area contributed by atoms with E-state index in [9.17, 15) is 9.59 Å². The average Bonchev–Trinajstić information content (AvgIpc) is 2.69. The van der Waals surface area contributed by atoms with Crippen molar-refractivity contribution in [3.8, 4) is 11.1 Å². The Hall–Kier alpha value is -2.79. The molecule has 0 radical (unpaired) electrons. The third-order valence-corrected chi connectivity index (χ3v) is 4.50. The van der Waals surface area contributed by atoms with Gasteiger partial charge in [-0.3, -0.25) is 4.79 Å². The van der Waals surface area contributed by atoms with Gasteiger partial charge in [0.15, 0.2) is 5.69 Å². The number of methoxy groups -OCH3 is 1. The number of halogens is 1. The molecule has 0 spiro atoms. The van der Waals surface area contributed by atoms with Gasteiger partial charge in [0.1, 0.15) is 6.61 Å². The molecular formula is C21H20ClNO4. The lowest BCUT2D eigenvalue weighted by molar-refractivity contribution is 0.0489. The predicted molar refractivity (Wildman–Crippen MR) is 106 cm³/mol. The number of ether oxygens (including phenoxy) is 1. The third-order valence-electron chi connectivity index (χ3n) is 4.27. The lowest BCUT2D eigenvalue weighted by atomic mass is 9.97. The van der Waals surface area contributed by atoms with Crippen LogP contribution < -0.4 is 10.4 Å². The van der Waals surface area contributed by atoms with Crippen LogP contribution in [-0.2, 0) is 4.74 Å². The Balaban J connectivity index is 2.43. The second-order valence-corrected chi connectivity index (χ2v) is 6.49. The molecule has 0 saturated carbocycles. The number of nitrogens with zero attached hydrogens (tertiary/aromatic N) is 1. The van der Waals surface area contributed by atoms with Crippen molar-refractivity contribution in [2.75, 3.05) is 13.7 Å². The van der Waals surface area contributed by atoms with Gasteiger partial charge >= 0.3 is 5.97 Å². The topological polar surface area (TPSA) is 57.5 Å². The van der Waals surface area contributed by atoms with Gasteiger partial charge in [-0.15, -0.1) is 4.73 Å². The van der Waals surface area contributed by atoms with E-state index in [2.05, 4.69) is 0 Å². The number of rotatable bonds is 6. The van der Waals surface area contributed by atoms with Crippen LogP contribution in [0.15, 0.2) is 53.3 Å². The van der Waals surface area contributed by atoms with Gasteiger partial charge in [0.25, 0.3) is 5.56 Å². The number of unbranched alkanes of at least 4 members (excludes halogenated alkanes) is 1. The van der Waals surface area contributed by atoms with Gasteiger partial charge in [-0.1, -0.05) is 55.3 Å². The first-order valence-corrected chi connectivity index (χ1v) is 9.11. The van der Waals surface area contributed by atoms with E-state index >= 15 is 0 Å². The van der Waals surface area contributed by atoms with Crippen LogP contribution in [0.1, 0.15) is 30.3 Å². The molecule has 0 atom stereocenters. The molecule has 0 aliphatic rings. The van der Waals surface area contributed by atoms with E-state index in [0.717, 1.165) is 23.1 Å². The minimum Gasteiger partial charge on any atom is -0.464 e. The fourth-order valence-electron chi connectivity index (χ4n) is 2.95. The fraction of sp³-hybridized carbons (Fsp3) is 0.238. The minimum absolute atomic E-state index is 0.0552. The summed E-state index contributed by atoms with van der Waals surface area (Å²) in [7, 11) is 1.28. The number of aromatic nitrogens is 1. The molecule has 0 amide bonds. The van der Waals surface area contributed by atoms with Crippen LogP contribution in [0.5, 0.6) is 0 Å². The number of pyridine rings is 1. The highest BCUT2D eigenvalue weighted by Crippen LogP contribution is 2.32. The zero-order valence-electron chi connectivity index (χ0n) is 15.2. The largest absolute Gasteiger partial charge is 0.464 e. The molecule has 5 nitrogen and oxygen atoms in total.